The number of nitrogens with two attached hydrogens (primary N) is 2. The van der Waals surface area contributed by atoms with Gasteiger partial charge in [0.1, 0.15) is 11.5 Å². The van der Waals surface area contributed by atoms with Gasteiger partial charge in [-0.15, -0.1) is 11.3 Å². The summed E-state index contributed by atoms with van der Waals surface area (Å²) in [6.45, 7) is 1.65. The molecule has 0 bridgehead atoms. The van der Waals surface area contributed by atoms with Crippen LogP contribution in [0, 0.1) is 0 Å². The smallest absolute Gasteiger partial charge is 0.259 e. The summed E-state index contributed by atoms with van der Waals surface area (Å²) >= 11 is 1.26. The van der Waals surface area contributed by atoms with Crippen molar-refractivity contribution in [2.45, 2.75) is 12.8 Å². The molecule has 7 heteroatoms. The van der Waals surface area contributed by atoms with Gasteiger partial charge in [-0.2, -0.15) is 0 Å². The highest BCUT2D eigenvalue weighted by Crippen LogP contribution is 2.38. The van der Waals surface area contributed by atoms with Gasteiger partial charge in [0.25, 0.3) is 11.8 Å². The Morgan fingerprint density at radius 2 is 1.55 bits per heavy atom. The van der Waals surface area contributed by atoms with Gasteiger partial charge in [0, 0.05) is 16.4 Å². The number of hydrogen-bond acceptors (Lipinski definition) is 4. The fourth-order valence-electron chi connectivity index (χ4n) is 3.02. The summed E-state index contributed by atoms with van der Waals surface area (Å²) in [5.41, 5.74) is 12.6. The van der Waals surface area contributed by atoms with Crippen molar-refractivity contribution in [1.82, 2.24) is 0 Å². The second-order valence-electron chi connectivity index (χ2n) is 6.59. The maximum Gasteiger partial charge on any atom is 0.259 e. The number of nitrogens with zero attached hydrogens (tertiary/aromatic N) is 1. The standard InChI is InChI=1S/C22H21N3O3S/c1-14(15-8-4-2-5-9-15)18-12-17(20(24)27)22(29-18)25(13-19(23)26)21(28)16-10-6-3-7-11-16/h2-12,14H,13H2,1H3,(H2,23,26)(H2,24,27). The van der Waals surface area contributed by atoms with E-state index in [9.17, 15) is 14.4 Å². The lowest BCUT2D eigenvalue weighted by atomic mass is 9.99. The van der Waals surface area contributed by atoms with E-state index in [1.165, 1.54) is 16.2 Å². The lowest BCUT2D eigenvalue weighted by Gasteiger charge is -2.21. The molecule has 0 saturated carbocycles. The van der Waals surface area contributed by atoms with E-state index in [1.807, 2.05) is 37.3 Å². The Bertz CT molecular complexity index is 1030. The van der Waals surface area contributed by atoms with Crippen molar-refractivity contribution in [3.8, 4) is 0 Å². The van der Waals surface area contributed by atoms with Gasteiger partial charge in [-0.25, -0.2) is 0 Å². The number of thiophene rings is 1. The first-order valence-corrected chi connectivity index (χ1v) is 9.83. The lowest BCUT2D eigenvalue weighted by Crippen LogP contribution is -2.39. The van der Waals surface area contributed by atoms with Crippen molar-refractivity contribution in [3.05, 3.63) is 88.3 Å². The predicted molar refractivity (Wildman–Crippen MR) is 114 cm³/mol. The first kappa shape index (κ1) is 20.3. The average Bonchev–Trinajstić information content (AvgIpc) is 3.17. The van der Waals surface area contributed by atoms with E-state index in [4.69, 9.17) is 11.5 Å². The van der Waals surface area contributed by atoms with E-state index >= 15 is 0 Å². The molecule has 6 nitrogen and oxygen atoms in total. The van der Waals surface area contributed by atoms with E-state index in [-0.39, 0.29) is 18.0 Å². The Morgan fingerprint density at radius 3 is 2.10 bits per heavy atom. The summed E-state index contributed by atoms with van der Waals surface area (Å²) < 4.78 is 0. The number of primary amides is 2. The minimum atomic E-state index is -0.684. The minimum Gasteiger partial charge on any atom is -0.368 e. The number of rotatable bonds is 7. The molecule has 1 heterocycles. The summed E-state index contributed by atoms with van der Waals surface area (Å²) in [6, 6.07) is 20.0. The van der Waals surface area contributed by atoms with Gasteiger partial charge in [0.05, 0.1) is 5.56 Å². The third-order valence-corrected chi connectivity index (χ3v) is 5.89. The van der Waals surface area contributed by atoms with Crippen LogP contribution < -0.4 is 16.4 Å². The normalized spacial score (nSPS) is 11.6. The molecule has 148 valence electrons. The third kappa shape index (κ3) is 4.52. The summed E-state index contributed by atoms with van der Waals surface area (Å²) in [7, 11) is 0. The summed E-state index contributed by atoms with van der Waals surface area (Å²) in [5.74, 6) is -1.79. The molecule has 3 aromatic rings. The third-order valence-electron chi connectivity index (χ3n) is 4.55. The molecule has 0 aliphatic rings. The topological polar surface area (TPSA) is 106 Å². The van der Waals surface area contributed by atoms with E-state index in [1.54, 1.807) is 36.4 Å². The van der Waals surface area contributed by atoms with Crippen LogP contribution in [-0.2, 0) is 4.79 Å². The molecular formula is C22H21N3O3S. The highest BCUT2D eigenvalue weighted by molar-refractivity contribution is 7.17. The van der Waals surface area contributed by atoms with Crippen LogP contribution in [0.5, 0.6) is 0 Å². The van der Waals surface area contributed by atoms with Gasteiger partial charge < -0.3 is 11.5 Å². The van der Waals surface area contributed by atoms with E-state index in [2.05, 4.69) is 0 Å². The molecule has 2 aromatic carbocycles. The van der Waals surface area contributed by atoms with Crippen molar-refractivity contribution in [1.29, 1.82) is 0 Å². The molecule has 0 saturated heterocycles. The van der Waals surface area contributed by atoms with Gasteiger partial charge in [-0.1, -0.05) is 55.5 Å². The molecule has 0 radical (unpaired) electrons. The molecule has 0 fully saturated rings. The highest BCUT2D eigenvalue weighted by atomic mass is 32.1. The summed E-state index contributed by atoms with van der Waals surface area (Å²) in [4.78, 5) is 39.0. The predicted octanol–water partition coefficient (Wildman–Crippen LogP) is 3.13. The number of amides is 3. The number of anilines is 1. The van der Waals surface area contributed by atoms with Crippen LogP contribution in [0.3, 0.4) is 0 Å². The molecular weight excluding hydrogens is 386 g/mol. The minimum absolute atomic E-state index is 0.0182. The van der Waals surface area contributed by atoms with Crippen LogP contribution >= 0.6 is 11.3 Å². The quantitative estimate of drug-likeness (QED) is 0.628. The largest absolute Gasteiger partial charge is 0.368 e. The van der Waals surface area contributed by atoms with Gasteiger partial charge in [0.2, 0.25) is 5.91 Å². The Labute approximate surface area is 172 Å². The van der Waals surface area contributed by atoms with Gasteiger partial charge >= 0.3 is 0 Å². The van der Waals surface area contributed by atoms with Crippen LogP contribution in [0.25, 0.3) is 0 Å². The van der Waals surface area contributed by atoms with Crippen LogP contribution in [0.2, 0.25) is 0 Å². The second kappa shape index (κ2) is 8.70. The van der Waals surface area contributed by atoms with Crippen LogP contribution in [-0.4, -0.2) is 24.3 Å². The molecule has 0 aliphatic carbocycles. The monoisotopic (exact) mass is 407 g/mol. The van der Waals surface area contributed by atoms with Crippen molar-refractivity contribution in [2.75, 3.05) is 11.4 Å². The molecule has 29 heavy (non-hydrogen) atoms. The van der Waals surface area contributed by atoms with Gasteiger partial charge in [0.15, 0.2) is 0 Å². The summed E-state index contributed by atoms with van der Waals surface area (Å²) in [6.07, 6.45) is 0. The molecule has 1 aromatic heterocycles. The zero-order valence-electron chi connectivity index (χ0n) is 15.9. The molecule has 0 aliphatic heterocycles. The van der Waals surface area contributed by atoms with E-state index in [0.29, 0.717) is 10.6 Å². The average molecular weight is 407 g/mol. The zero-order valence-corrected chi connectivity index (χ0v) is 16.7. The molecule has 1 unspecified atom stereocenters. The second-order valence-corrected chi connectivity index (χ2v) is 7.65. The lowest BCUT2D eigenvalue weighted by molar-refractivity contribution is -0.116. The summed E-state index contributed by atoms with van der Waals surface area (Å²) in [5, 5.41) is 0.322. The fraction of sp³-hybridized carbons (Fsp3) is 0.136. The first-order valence-electron chi connectivity index (χ1n) is 9.02. The fourth-order valence-corrected chi connectivity index (χ4v) is 4.26. The van der Waals surface area contributed by atoms with Crippen LogP contribution in [0.15, 0.2) is 66.7 Å². The van der Waals surface area contributed by atoms with Crippen molar-refractivity contribution < 1.29 is 14.4 Å². The van der Waals surface area contributed by atoms with E-state index < -0.39 is 17.7 Å². The molecule has 0 spiro atoms. The van der Waals surface area contributed by atoms with Crippen molar-refractivity contribution in [3.63, 3.8) is 0 Å². The zero-order chi connectivity index (χ0) is 21.0. The van der Waals surface area contributed by atoms with Crippen LogP contribution in [0.1, 0.15) is 44.0 Å². The van der Waals surface area contributed by atoms with Crippen molar-refractivity contribution >= 4 is 34.1 Å². The maximum atomic E-state index is 13.1. The number of benzene rings is 2. The van der Waals surface area contributed by atoms with Gasteiger partial charge in [-0.3, -0.25) is 19.3 Å². The molecule has 3 amide bonds. The Balaban J connectivity index is 2.07. The highest BCUT2D eigenvalue weighted by Gasteiger charge is 2.27. The SMILES string of the molecule is CC(c1ccccc1)c1cc(C(N)=O)c(N(CC(N)=O)C(=O)c2ccccc2)s1. The molecule has 3 rings (SSSR count). The number of carbonyl (C=O) groups excluding carboxylic acids is 3. The molecule has 4 N–H and O–H groups in total. The van der Waals surface area contributed by atoms with Crippen LogP contribution in [0.4, 0.5) is 5.00 Å². The first-order chi connectivity index (χ1) is 13.9. The molecule has 1 atom stereocenters. The Kier molecular flexibility index (Phi) is 6.09. The van der Waals surface area contributed by atoms with E-state index in [0.717, 1.165) is 10.4 Å². The number of hydrogen-bond donors (Lipinski definition) is 2. The maximum absolute atomic E-state index is 13.1. The Morgan fingerprint density at radius 1 is 0.966 bits per heavy atom. The van der Waals surface area contributed by atoms with Gasteiger partial charge in [-0.05, 0) is 23.8 Å². The van der Waals surface area contributed by atoms with Crippen molar-refractivity contribution in [2.24, 2.45) is 11.5 Å². The Hall–Kier alpha value is -3.45. The number of carbonyl (C=O) groups is 3.